The van der Waals surface area contributed by atoms with Gasteiger partial charge in [-0.25, -0.2) is 4.79 Å². The molecule has 0 aliphatic carbocycles. The molecule has 0 aliphatic heterocycles. The van der Waals surface area contributed by atoms with E-state index in [1.165, 1.54) is 22.7 Å². The normalized spacial score (nSPS) is 11.1. The molecule has 2 aromatic heterocycles. The standard InChI is InChI=1S/C19H15NO3S2/c21-18(20-14-6-2-1-3-7-14)13-23-19(22)16(17-9-5-11-25-17)12-15-8-4-10-24-15/h1-12H,13H2,(H,20,21). The van der Waals surface area contributed by atoms with Gasteiger partial charge in [-0.15, -0.1) is 22.7 Å². The molecule has 1 aromatic carbocycles. The Morgan fingerprint density at radius 2 is 1.72 bits per heavy atom. The smallest absolute Gasteiger partial charge is 0.340 e. The summed E-state index contributed by atoms with van der Waals surface area (Å²) in [6, 6.07) is 16.6. The number of carbonyl (C=O) groups excluding carboxylic acids is 2. The molecular weight excluding hydrogens is 354 g/mol. The second kappa shape index (κ2) is 8.41. The van der Waals surface area contributed by atoms with Crippen LogP contribution in [0.2, 0.25) is 0 Å². The van der Waals surface area contributed by atoms with Gasteiger partial charge in [-0.3, -0.25) is 4.79 Å². The zero-order chi connectivity index (χ0) is 17.5. The number of anilines is 1. The average molecular weight is 369 g/mol. The molecule has 0 unspecified atom stereocenters. The van der Waals surface area contributed by atoms with E-state index in [2.05, 4.69) is 5.32 Å². The van der Waals surface area contributed by atoms with Crippen LogP contribution < -0.4 is 5.32 Å². The lowest BCUT2D eigenvalue weighted by Gasteiger charge is -2.08. The number of ether oxygens (including phenoxy) is 1. The number of amides is 1. The Hall–Kier alpha value is -2.70. The first kappa shape index (κ1) is 17.1. The van der Waals surface area contributed by atoms with E-state index in [1.54, 1.807) is 18.2 Å². The Kier molecular flexibility index (Phi) is 5.77. The number of para-hydroxylation sites is 1. The molecule has 0 atom stereocenters. The molecule has 0 spiro atoms. The summed E-state index contributed by atoms with van der Waals surface area (Å²) in [6.07, 6.45) is 1.79. The summed E-state index contributed by atoms with van der Waals surface area (Å²) < 4.78 is 5.20. The van der Waals surface area contributed by atoms with Crippen molar-refractivity contribution in [3.8, 4) is 0 Å². The minimum Gasteiger partial charge on any atom is -0.452 e. The predicted octanol–water partition coefficient (Wildman–Crippen LogP) is 4.53. The van der Waals surface area contributed by atoms with Gasteiger partial charge in [-0.2, -0.15) is 0 Å². The molecule has 126 valence electrons. The summed E-state index contributed by atoms with van der Waals surface area (Å²) >= 11 is 2.99. The largest absolute Gasteiger partial charge is 0.452 e. The van der Waals surface area contributed by atoms with E-state index in [0.717, 1.165) is 9.75 Å². The van der Waals surface area contributed by atoms with Crippen molar-refractivity contribution in [1.82, 2.24) is 0 Å². The van der Waals surface area contributed by atoms with Crippen LogP contribution in [-0.4, -0.2) is 18.5 Å². The van der Waals surface area contributed by atoms with Crippen molar-refractivity contribution in [2.45, 2.75) is 0 Å². The minimum atomic E-state index is -0.515. The fraction of sp³-hybridized carbons (Fsp3) is 0.0526. The van der Waals surface area contributed by atoms with Crippen LogP contribution in [0, 0.1) is 0 Å². The van der Waals surface area contributed by atoms with Crippen molar-refractivity contribution in [2.24, 2.45) is 0 Å². The Morgan fingerprint density at radius 3 is 2.40 bits per heavy atom. The first-order valence-corrected chi connectivity index (χ1v) is 9.29. The number of hydrogen-bond acceptors (Lipinski definition) is 5. The van der Waals surface area contributed by atoms with Gasteiger partial charge in [0.15, 0.2) is 6.61 Å². The van der Waals surface area contributed by atoms with Crippen molar-refractivity contribution >= 4 is 51.9 Å². The molecule has 4 nitrogen and oxygen atoms in total. The highest BCUT2D eigenvalue weighted by Crippen LogP contribution is 2.25. The van der Waals surface area contributed by atoms with Crippen LogP contribution in [0.15, 0.2) is 65.4 Å². The van der Waals surface area contributed by atoms with Crippen LogP contribution in [0.3, 0.4) is 0 Å². The molecule has 3 rings (SSSR count). The summed E-state index contributed by atoms with van der Waals surface area (Å²) in [5.74, 6) is -0.889. The lowest BCUT2D eigenvalue weighted by molar-refractivity contribution is -0.141. The van der Waals surface area contributed by atoms with Gasteiger partial charge in [0.2, 0.25) is 0 Å². The highest BCUT2D eigenvalue weighted by molar-refractivity contribution is 7.12. The third-order valence-electron chi connectivity index (χ3n) is 3.23. The maximum atomic E-state index is 12.5. The number of carbonyl (C=O) groups is 2. The van der Waals surface area contributed by atoms with Crippen molar-refractivity contribution in [2.75, 3.05) is 11.9 Å². The fourth-order valence-corrected chi connectivity index (χ4v) is 3.49. The molecule has 1 amide bonds. The summed E-state index contributed by atoms with van der Waals surface area (Å²) in [5.41, 5.74) is 1.11. The van der Waals surface area contributed by atoms with E-state index >= 15 is 0 Å². The van der Waals surface area contributed by atoms with Gasteiger partial charge in [0.25, 0.3) is 5.91 Å². The molecular formula is C19H15NO3S2. The van der Waals surface area contributed by atoms with Crippen LogP contribution >= 0.6 is 22.7 Å². The van der Waals surface area contributed by atoms with E-state index in [-0.39, 0.29) is 12.5 Å². The monoisotopic (exact) mass is 369 g/mol. The number of nitrogens with one attached hydrogen (secondary N) is 1. The molecule has 0 aliphatic rings. The number of rotatable bonds is 6. The van der Waals surface area contributed by atoms with Crippen molar-refractivity contribution < 1.29 is 14.3 Å². The SMILES string of the molecule is O=C(COC(=O)C(=Cc1cccs1)c1cccs1)Nc1ccccc1. The van der Waals surface area contributed by atoms with Crippen molar-refractivity contribution in [3.63, 3.8) is 0 Å². The van der Waals surface area contributed by atoms with E-state index < -0.39 is 5.97 Å². The number of thiophene rings is 2. The van der Waals surface area contributed by atoms with Gasteiger partial charge >= 0.3 is 5.97 Å². The van der Waals surface area contributed by atoms with Gasteiger partial charge in [-0.05, 0) is 41.1 Å². The average Bonchev–Trinajstić information content (AvgIpc) is 3.32. The van der Waals surface area contributed by atoms with Crippen LogP contribution in [0.5, 0.6) is 0 Å². The van der Waals surface area contributed by atoms with Crippen LogP contribution in [0.1, 0.15) is 9.75 Å². The summed E-state index contributed by atoms with van der Waals surface area (Å²) in [6.45, 7) is -0.332. The molecule has 6 heteroatoms. The Bertz CT molecular complexity index is 853. The maximum absolute atomic E-state index is 12.5. The predicted molar refractivity (Wildman–Crippen MR) is 103 cm³/mol. The lowest BCUT2D eigenvalue weighted by atomic mass is 10.2. The first-order valence-electron chi connectivity index (χ1n) is 7.53. The molecule has 0 fully saturated rings. The van der Waals surface area contributed by atoms with Gasteiger partial charge in [0, 0.05) is 15.4 Å². The Balaban J connectivity index is 1.66. The van der Waals surface area contributed by atoms with Gasteiger partial charge < -0.3 is 10.1 Å². The zero-order valence-electron chi connectivity index (χ0n) is 13.2. The molecule has 0 radical (unpaired) electrons. The molecule has 25 heavy (non-hydrogen) atoms. The quantitative estimate of drug-likeness (QED) is 0.513. The molecule has 0 saturated carbocycles. The van der Waals surface area contributed by atoms with Gasteiger partial charge in [0.05, 0.1) is 5.57 Å². The van der Waals surface area contributed by atoms with Gasteiger partial charge in [0.1, 0.15) is 0 Å². The van der Waals surface area contributed by atoms with E-state index in [0.29, 0.717) is 11.3 Å². The van der Waals surface area contributed by atoms with Crippen molar-refractivity contribution in [3.05, 3.63) is 75.1 Å². The molecule has 0 bridgehead atoms. The van der Waals surface area contributed by atoms with Crippen molar-refractivity contribution in [1.29, 1.82) is 0 Å². The molecule has 1 N–H and O–H groups in total. The minimum absolute atomic E-state index is 0.332. The highest BCUT2D eigenvalue weighted by atomic mass is 32.1. The summed E-state index contributed by atoms with van der Waals surface area (Å²) in [4.78, 5) is 26.2. The highest BCUT2D eigenvalue weighted by Gasteiger charge is 2.16. The topological polar surface area (TPSA) is 55.4 Å². The first-order chi connectivity index (χ1) is 12.2. The Labute approximate surface area is 153 Å². The Morgan fingerprint density at radius 1 is 0.960 bits per heavy atom. The zero-order valence-corrected chi connectivity index (χ0v) is 14.8. The van der Waals surface area contributed by atoms with Crippen LogP contribution in [-0.2, 0) is 14.3 Å². The third-order valence-corrected chi connectivity index (χ3v) is 4.95. The number of hydrogen-bond donors (Lipinski definition) is 1. The summed E-state index contributed by atoms with van der Waals surface area (Å²) in [7, 11) is 0. The van der Waals surface area contributed by atoms with Crippen LogP contribution in [0.4, 0.5) is 5.69 Å². The lowest BCUT2D eigenvalue weighted by Crippen LogP contribution is -2.21. The fourth-order valence-electron chi connectivity index (χ4n) is 2.11. The third kappa shape index (κ3) is 4.89. The van der Waals surface area contributed by atoms with Crippen LogP contribution in [0.25, 0.3) is 11.6 Å². The van der Waals surface area contributed by atoms with Gasteiger partial charge in [-0.1, -0.05) is 30.3 Å². The molecule has 2 heterocycles. The molecule has 3 aromatic rings. The number of benzene rings is 1. The summed E-state index contributed by atoms with van der Waals surface area (Å²) in [5, 5.41) is 6.52. The second-order valence-corrected chi connectivity index (χ2v) is 6.97. The van der Waals surface area contributed by atoms with E-state index in [1.807, 2.05) is 53.2 Å². The van der Waals surface area contributed by atoms with E-state index in [9.17, 15) is 9.59 Å². The maximum Gasteiger partial charge on any atom is 0.340 e. The van der Waals surface area contributed by atoms with E-state index in [4.69, 9.17) is 4.74 Å². The second-order valence-electron chi connectivity index (χ2n) is 5.04. The number of esters is 1. The molecule has 0 saturated heterocycles.